The van der Waals surface area contributed by atoms with Gasteiger partial charge in [0.2, 0.25) is 5.91 Å². The Kier molecular flexibility index (Phi) is 5.39. The molecule has 2 aliphatic heterocycles. The molecule has 0 saturated carbocycles. The Morgan fingerprint density at radius 3 is 2.64 bits per heavy atom. The largest absolute Gasteiger partial charge is 0.481 e. The van der Waals surface area contributed by atoms with Gasteiger partial charge in [0.15, 0.2) is 0 Å². The van der Waals surface area contributed by atoms with Crippen molar-refractivity contribution in [2.75, 3.05) is 39.4 Å². The molecule has 2 aliphatic rings. The molecule has 136 valence electrons. The summed E-state index contributed by atoms with van der Waals surface area (Å²) in [5.74, 6) is -1.56. The molecule has 2 unspecified atom stereocenters. The third-order valence-corrected chi connectivity index (χ3v) is 5.20. The Morgan fingerprint density at radius 2 is 2.04 bits per heavy atom. The van der Waals surface area contributed by atoms with Crippen LogP contribution >= 0.6 is 0 Å². The van der Waals surface area contributed by atoms with Crippen molar-refractivity contribution in [3.63, 3.8) is 0 Å². The van der Waals surface area contributed by atoms with E-state index in [2.05, 4.69) is 36.9 Å². The highest BCUT2D eigenvalue weighted by Gasteiger charge is 2.39. The highest BCUT2D eigenvalue weighted by molar-refractivity contribution is 5.86. The molecule has 6 heteroatoms. The summed E-state index contributed by atoms with van der Waals surface area (Å²) in [5.41, 5.74) is 3.43. The van der Waals surface area contributed by atoms with Gasteiger partial charge in [-0.3, -0.25) is 14.5 Å². The smallest absolute Gasteiger partial charge is 0.308 e. The normalized spacial score (nSPS) is 23.0. The number of aryl methyl sites for hydroxylation is 2. The van der Waals surface area contributed by atoms with Crippen molar-refractivity contribution in [2.45, 2.75) is 26.3 Å². The minimum absolute atomic E-state index is 0.0642. The summed E-state index contributed by atoms with van der Waals surface area (Å²) in [6.07, 6.45) is 0.0971. The lowest BCUT2D eigenvalue weighted by Crippen LogP contribution is -2.44. The summed E-state index contributed by atoms with van der Waals surface area (Å²) in [5, 5.41) is 9.31. The van der Waals surface area contributed by atoms with Crippen molar-refractivity contribution in [1.82, 2.24) is 9.80 Å². The van der Waals surface area contributed by atoms with Crippen LogP contribution in [0.2, 0.25) is 0 Å². The molecular formula is C19H26N2O4. The first-order valence-corrected chi connectivity index (χ1v) is 8.85. The van der Waals surface area contributed by atoms with Crippen LogP contribution in [0, 0.1) is 19.8 Å². The Balaban J connectivity index is 1.88. The van der Waals surface area contributed by atoms with Gasteiger partial charge < -0.3 is 14.7 Å². The fourth-order valence-corrected chi connectivity index (χ4v) is 3.79. The SMILES string of the molecule is Cc1ccc(C(CN2CCOCC2)N2CC(C(=O)O)CC2=O)c(C)c1. The molecule has 0 aliphatic carbocycles. The van der Waals surface area contributed by atoms with E-state index < -0.39 is 11.9 Å². The second-order valence-corrected chi connectivity index (χ2v) is 7.07. The summed E-state index contributed by atoms with van der Waals surface area (Å²) in [4.78, 5) is 28.0. The fraction of sp³-hybridized carbons (Fsp3) is 0.579. The Labute approximate surface area is 148 Å². The number of aliphatic carboxylic acids is 1. The molecule has 0 bridgehead atoms. The number of carbonyl (C=O) groups excluding carboxylic acids is 1. The van der Waals surface area contributed by atoms with E-state index in [1.165, 1.54) is 5.56 Å². The standard InChI is InChI=1S/C19H26N2O4/c1-13-3-4-16(14(2)9-13)17(12-20-5-7-25-8-6-20)21-11-15(19(23)24)10-18(21)22/h3-4,9,15,17H,5-8,10-12H2,1-2H3,(H,23,24). The Morgan fingerprint density at radius 1 is 1.32 bits per heavy atom. The van der Waals surface area contributed by atoms with Gasteiger partial charge in [0.05, 0.1) is 25.2 Å². The van der Waals surface area contributed by atoms with Crippen molar-refractivity contribution in [3.05, 3.63) is 34.9 Å². The van der Waals surface area contributed by atoms with Crippen molar-refractivity contribution in [3.8, 4) is 0 Å². The number of nitrogens with zero attached hydrogens (tertiary/aromatic N) is 2. The van der Waals surface area contributed by atoms with E-state index in [1.54, 1.807) is 4.90 Å². The number of morpholine rings is 1. The van der Waals surface area contributed by atoms with Gasteiger partial charge in [-0.05, 0) is 25.0 Å². The molecular weight excluding hydrogens is 320 g/mol. The van der Waals surface area contributed by atoms with Crippen LogP contribution in [0.1, 0.15) is 29.2 Å². The van der Waals surface area contributed by atoms with Gasteiger partial charge >= 0.3 is 5.97 Å². The van der Waals surface area contributed by atoms with Crippen LogP contribution in [0.4, 0.5) is 0 Å². The van der Waals surface area contributed by atoms with Crippen LogP contribution in [-0.2, 0) is 14.3 Å². The number of hydrogen-bond acceptors (Lipinski definition) is 4. The zero-order valence-corrected chi connectivity index (χ0v) is 14.9. The van der Waals surface area contributed by atoms with E-state index >= 15 is 0 Å². The van der Waals surface area contributed by atoms with Crippen LogP contribution in [0.15, 0.2) is 18.2 Å². The summed E-state index contributed by atoms with van der Waals surface area (Å²) in [7, 11) is 0. The average molecular weight is 346 g/mol. The quantitative estimate of drug-likeness (QED) is 0.877. The van der Waals surface area contributed by atoms with Crippen LogP contribution < -0.4 is 0 Å². The maximum atomic E-state index is 12.5. The van der Waals surface area contributed by atoms with E-state index in [-0.39, 0.29) is 24.9 Å². The van der Waals surface area contributed by atoms with E-state index in [9.17, 15) is 14.7 Å². The van der Waals surface area contributed by atoms with Crippen molar-refractivity contribution in [1.29, 1.82) is 0 Å². The van der Waals surface area contributed by atoms with E-state index in [4.69, 9.17) is 4.74 Å². The number of amides is 1. The van der Waals surface area contributed by atoms with E-state index in [1.807, 2.05) is 0 Å². The van der Waals surface area contributed by atoms with Crippen molar-refractivity contribution in [2.24, 2.45) is 5.92 Å². The summed E-state index contributed by atoms with van der Waals surface area (Å²) >= 11 is 0. The summed E-state index contributed by atoms with van der Waals surface area (Å²) in [6, 6.07) is 6.15. The molecule has 0 radical (unpaired) electrons. The highest BCUT2D eigenvalue weighted by atomic mass is 16.5. The van der Waals surface area contributed by atoms with E-state index in [0.717, 1.165) is 24.2 Å². The zero-order valence-electron chi connectivity index (χ0n) is 14.9. The van der Waals surface area contributed by atoms with E-state index in [0.29, 0.717) is 19.8 Å². The number of carbonyl (C=O) groups is 2. The molecule has 6 nitrogen and oxygen atoms in total. The third-order valence-electron chi connectivity index (χ3n) is 5.20. The lowest BCUT2D eigenvalue weighted by atomic mass is 9.97. The van der Waals surface area contributed by atoms with Crippen LogP contribution in [-0.4, -0.2) is 66.2 Å². The third kappa shape index (κ3) is 4.02. The number of rotatable bonds is 5. The second kappa shape index (κ2) is 7.54. The minimum atomic E-state index is -0.887. The van der Waals surface area contributed by atoms with Gasteiger partial charge in [-0.25, -0.2) is 0 Å². The van der Waals surface area contributed by atoms with Crippen LogP contribution in [0.25, 0.3) is 0 Å². The number of benzene rings is 1. The molecule has 2 heterocycles. The second-order valence-electron chi connectivity index (χ2n) is 7.07. The number of carboxylic acid groups (broad SMARTS) is 1. The number of carboxylic acids is 1. The number of likely N-dealkylation sites (tertiary alicyclic amines) is 1. The molecule has 1 aromatic carbocycles. The molecule has 0 aromatic heterocycles. The molecule has 0 spiro atoms. The molecule has 25 heavy (non-hydrogen) atoms. The molecule has 1 N–H and O–H groups in total. The van der Waals surface area contributed by atoms with Crippen molar-refractivity contribution >= 4 is 11.9 Å². The lowest BCUT2D eigenvalue weighted by molar-refractivity contribution is -0.141. The van der Waals surface area contributed by atoms with Gasteiger partial charge in [-0.2, -0.15) is 0 Å². The van der Waals surface area contributed by atoms with Gasteiger partial charge in [-0.15, -0.1) is 0 Å². The van der Waals surface area contributed by atoms with Gasteiger partial charge in [0, 0.05) is 32.6 Å². The molecule has 3 rings (SSSR count). The molecule has 2 saturated heterocycles. The van der Waals surface area contributed by atoms with Crippen molar-refractivity contribution < 1.29 is 19.4 Å². The first kappa shape index (κ1) is 17.9. The monoisotopic (exact) mass is 346 g/mol. The predicted octanol–water partition coefficient (Wildman–Crippen LogP) is 1.61. The van der Waals surface area contributed by atoms with Gasteiger partial charge in [-0.1, -0.05) is 23.8 Å². The molecule has 1 aromatic rings. The Bertz CT molecular complexity index is 655. The zero-order chi connectivity index (χ0) is 18.0. The first-order valence-electron chi connectivity index (χ1n) is 8.85. The van der Waals surface area contributed by atoms with Crippen LogP contribution in [0.3, 0.4) is 0 Å². The Hall–Kier alpha value is -1.92. The number of ether oxygens (including phenoxy) is 1. The maximum absolute atomic E-state index is 12.5. The highest BCUT2D eigenvalue weighted by Crippen LogP contribution is 2.32. The van der Waals surface area contributed by atoms with Gasteiger partial charge in [0.25, 0.3) is 0 Å². The topological polar surface area (TPSA) is 70.1 Å². The van der Waals surface area contributed by atoms with Gasteiger partial charge in [0.1, 0.15) is 0 Å². The summed E-state index contributed by atoms with van der Waals surface area (Å²) in [6.45, 7) is 8.19. The number of hydrogen-bond donors (Lipinski definition) is 1. The fourth-order valence-electron chi connectivity index (χ4n) is 3.79. The average Bonchev–Trinajstić information content (AvgIpc) is 2.96. The first-order chi connectivity index (χ1) is 12.0. The predicted molar refractivity (Wildman–Crippen MR) is 93.4 cm³/mol. The molecule has 2 atom stereocenters. The van der Waals surface area contributed by atoms with Crippen LogP contribution in [0.5, 0.6) is 0 Å². The lowest BCUT2D eigenvalue weighted by Gasteiger charge is -2.36. The minimum Gasteiger partial charge on any atom is -0.481 e. The maximum Gasteiger partial charge on any atom is 0.308 e. The molecule has 1 amide bonds. The molecule has 2 fully saturated rings. The summed E-state index contributed by atoms with van der Waals surface area (Å²) < 4.78 is 5.42.